The number of nitrogens with zero attached hydrogens (tertiary/aromatic N) is 3. The first kappa shape index (κ1) is 24.7. The number of ether oxygens (including phenoxy) is 1. The molecule has 35 heavy (non-hydrogen) atoms. The molecule has 0 aliphatic rings. The Hall–Kier alpha value is -3.42. The number of unbranched alkanes of at least 4 members (excludes halogenated alkanes) is 1. The number of aliphatic hydroxyl groups is 1. The number of hydrogen-bond donors (Lipinski definition) is 1. The molecule has 0 spiro atoms. The van der Waals surface area contributed by atoms with Crippen LogP contribution in [0.3, 0.4) is 0 Å². The summed E-state index contributed by atoms with van der Waals surface area (Å²) in [6.07, 6.45) is 3.88. The second-order valence-corrected chi connectivity index (χ2v) is 8.70. The molecule has 4 aromatic rings. The molecule has 1 atom stereocenters. The van der Waals surface area contributed by atoms with Crippen LogP contribution in [0.4, 0.5) is 4.39 Å². The predicted octanol–water partition coefficient (Wildman–Crippen LogP) is 6.16. The van der Waals surface area contributed by atoms with Gasteiger partial charge in [0.1, 0.15) is 11.5 Å². The van der Waals surface area contributed by atoms with Gasteiger partial charge in [-0.25, -0.2) is 9.07 Å². The van der Waals surface area contributed by atoms with Gasteiger partial charge in [-0.05, 0) is 30.7 Å². The standard InChI is InChI=1S/C28H32FN3O3/c1-3-4-13-22(33)18-32(19-23-14-10-17-34-23)20-24-27(21-11-6-5-7-12-21)30-31(2)28(24)35-26-16-9-8-15-25(26)29/h5-12,14-17,22,33H,3-4,13,18-20H2,1-2H3. The maximum Gasteiger partial charge on any atom is 0.222 e. The van der Waals surface area contributed by atoms with Crippen LogP contribution in [0.2, 0.25) is 0 Å². The Bertz CT molecular complexity index is 1190. The first-order chi connectivity index (χ1) is 17.0. The molecule has 2 heterocycles. The molecule has 7 heteroatoms. The monoisotopic (exact) mass is 477 g/mol. The molecule has 0 radical (unpaired) electrons. The summed E-state index contributed by atoms with van der Waals surface area (Å²) in [5, 5.41) is 15.5. The summed E-state index contributed by atoms with van der Waals surface area (Å²) in [5.74, 6) is 0.955. The van der Waals surface area contributed by atoms with Crippen LogP contribution in [-0.2, 0) is 20.1 Å². The van der Waals surface area contributed by atoms with E-state index in [9.17, 15) is 9.50 Å². The Morgan fingerprint density at radius 1 is 1.06 bits per heavy atom. The second-order valence-electron chi connectivity index (χ2n) is 8.70. The third-order valence-corrected chi connectivity index (χ3v) is 5.88. The van der Waals surface area contributed by atoms with Gasteiger partial charge in [0.25, 0.3) is 0 Å². The van der Waals surface area contributed by atoms with E-state index >= 15 is 0 Å². The lowest BCUT2D eigenvalue weighted by atomic mass is 10.1. The first-order valence-corrected chi connectivity index (χ1v) is 12.0. The predicted molar refractivity (Wildman–Crippen MR) is 133 cm³/mol. The van der Waals surface area contributed by atoms with Gasteiger partial charge in [-0.15, -0.1) is 0 Å². The first-order valence-electron chi connectivity index (χ1n) is 12.0. The molecule has 0 fully saturated rings. The minimum Gasteiger partial charge on any atom is -0.468 e. The molecule has 4 rings (SSSR count). The van der Waals surface area contributed by atoms with E-state index in [1.54, 1.807) is 36.2 Å². The summed E-state index contributed by atoms with van der Waals surface area (Å²) >= 11 is 0. The fraction of sp³-hybridized carbons (Fsp3) is 0.321. The number of aliphatic hydroxyl groups excluding tert-OH is 1. The van der Waals surface area contributed by atoms with Gasteiger partial charge in [-0.2, -0.15) is 5.10 Å². The molecular weight excluding hydrogens is 445 g/mol. The molecule has 2 aromatic heterocycles. The highest BCUT2D eigenvalue weighted by molar-refractivity contribution is 5.65. The molecule has 0 amide bonds. The largest absolute Gasteiger partial charge is 0.468 e. The van der Waals surface area contributed by atoms with Crippen molar-refractivity contribution in [3.63, 3.8) is 0 Å². The molecule has 0 saturated carbocycles. The van der Waals surface area contributed by atoms with Gasteiger partial charge in [-0.3, -0.25) is 4.90 Å². The summed E-state index contributed by atoms with van der Waals surface area (Å²) in [6.45, 7) is 3.52. The van der Waals surface area contributed by atoms with Crippen LogP contribution < -0.4 is 4.74 Å². The van der Waals surface area contributed by atoms with Gasteiger partial charge in [0.15, 0.2) is 11.6 Å². The minimum atomic E-state index is -0.474. The topological polar surface area (TPSA) is 63.7 Å². The number of halogens is 1. The normalized spacial score (nSPS) is 12.3. The quantitative estimate of drug-likeness (QED) is 0.265. The van der Waals surface area contributed by atoms with E-state index in [-0.39, 0.29) is 5.75 Å². The Morgan fingerprint density at radius 2 is 1.83 bits per heavy atom. The molecule has 1 N–H and O–H groups in total. The lowest BCUT2D eigenvalue weighted by Crippen LogP contribution is -2.32. The van der Waals surface area contributed by atoms with Gasteiger partial charge < -0.3 is 14.3 Å². The Morgan fingerprint density at radius 3 is 2.54 bits per heavy atom. The third kappa shape index (κ3) is 6.38. The highest BCUT2D eigenvalue weighted by Crippen LogP contribution is 2.35. The SMILES string of the molecule is CCCCC(O)CN(Cc1ccco1)Cc1c(-c2ccccc2)nn(C)c1Oc1ccccc1F. The maximum atomic E-state index is 14.5. The van der Waals surface area contributed by atoms with E-state index in [1.165, 1.54) is 6.07 Å². The second kappa shape index (κ2) is 11.8. The van der Waals surface area contributed by atoms with Crippen molar-refractivity contribution in [2.75, 3.05) is 6.54 Å². The Labute approximate surface area is 205 Å². The van der Waals surface area contributed by atoms with Crippen LogP contribution in [0.1, 0.15) is 37.5 Å². The fourth-order valence-corrected chi connectivity index (χ4v) is 4.14. The number of hydrogen-bond acceptors (Lipinski definition) is 5. The summed E-state index contributed by atoms with van der Waals surface area (Å²) in [4.78, 5) is 2.12. The van der Waals surface area contributed by atoms with Crippen LogP contribution in [-0.4, -0.2) is 32.4 Å². The van der Waals surface area contributed by atoms with Crippen molar-refractivity contribution in [3.8, 4) is 22.9 Å². The average Bonchev–Trinajstić information content (AvgIpc) is 3.48. The van der Waals surface area contributed by atoms with Crippen molar-refractivity contribution in [2.45, 2.75) is 45.4 Å². The molecule has 0 saturated heterocycles. The molecule has 0 bridgehead atoms. The highest BCUT2D eigenvalue weighted by Gasteiger charge is 2.24. The highest BCUT2D eigenvalue weighted by atomic mass is 19.1. The third-order valence-electron chi connectivity index (χ3n) is 5.88. The maximum absolute atomic E-state index is 14.5. The zero-order valence-corrected chi connectivity index (χ0v) is 20.2. The number of aromatic nitrogens is 2. The average molecular weight is 478 g/mol. The summed E-state index contributed by atoms with van der Waals surface area (Å²) < 4.78 is 27.8. The number of benzene rings is 2. The fourth-order valence-electron chi connectivity index (χ4n) is 4.14. The van der Waals surface area contributed by atoms with E-state index in [0.29, 0.717) is 25.5 Å². The van der Waals surface area contributed by atoms with E-state index in [0.717, 1.165) is 41.8 Å². The van der Waals surface area contributed by atoms with Crippen LogP contribution in [0.25, 0.3) is 11.3 Å². The lowest BCUT2D eigenvalue weighted by Gasteiger charge is -2.25. The van der Waals surface area contributed by atoms with E-state index < -0.39 is 11.9 Å². The van der Waals surface area contributed by atoms with Gasteiger partial charge in [0.2, 0.25) is 5.88 Å². The van der Waals surface area contributed by atoms with E-state index in [4.69, 9.17) is 14.3 Å². The lowest BCUT2D eigenvalue weighted by molar-refractivity contribution is 0.0917. The molecule has 0 aliphatic carbocycles. The zero-order chi connectivity index (χ0) is 24.6. The van der Waals surface area contributed by atoms with Gasteiger partial charge in [0, 0.05) is 25.7 Å². The Balaban J connectivity index is 1.71. The van der Waals surface area contributed by atoms with Crippen LogP contribution >= 0.6 is 0 Å². The zero-order valence-electron chi connectivity index (χ0n) is 20.2. The van der Waals surface area contributed by atoms with Gasteiger partial charge in [0.05, 0.1) is 24.5 Å². The van der Waals surface area contributed by atoms with Crippen molar-refractivity contribution in [1.82, 2.24) is 14.7 Å². The van der Waals surface area contributed by atoms with E-state index in [2.05, 4.69) is 11.8 Å². The van der Waals surface area contributed by atoms with E-state index in [1.807, 2.05) is 42.5 Å². The minimum absolute atomic E-state index is 0.136. The van der Waals surface area contributed by atoms with Crippen LogP contribution in [0.15, 0.2) is 77.4 Å². The van der Waals surface area contributed by atoms with Gasteiger partial charge >= 0.3 is 0 Å². The molecular formula is C28H32FN3O3. The van der Waals surface area contributed by atoms with Crippen molar-refractivity contribution in [3.05, 3.63) is 90.1 Å². The van der Waals surface area contributed by atoms with Crippen LogP contribution in [0, 0.1) is 5.82 Å². The van der Waals surface area contributed by atoms with Crippen molar-refractivity contribution < 1.29 is 18.7 Å². The molecule has 6 nitrogen and oxygen atoms in total. The van der Waals surface area contributed by atoms with Crippen molar-refractivity contribution in [1.29, 1.82) is 0 Å². The van der Waals surface area contributed by atoms with Gasteiger partial charge in [-0.1, -0.05) is 62.2 Å². The molecule has 2 aromatic carbocycles. The number of rotatable bonds is 12. The number of para-hydroxylation sites is 1. The van der Waals surface area contributed by atoms with Crippen LogP contribution in [0.5, 0.6) is 11.6 Å². The summed E-state index contributed by atoms with van der Waals surface area (Å²) in [7, 11) is 1.79. The molecule has 0 aliphatic heterocycles. The molecule has 1 unspecified atom stereocenters. The smallest absolute Gasteiger partial charge is 0.222 e. The van der Waals surface area contributed by atoms with Crippen molar-refractivity contribution in [2.24, 2.45) is 7.05 Å². The number of aryl methyl sites for hydroxylation is 1. The van der Waals surface area contributed by atoms with Crippen molar-refractivity contribution >= 4 is 0 Å². The Kier molecular flexibility index (Phi) is 8.34. The molecule has 184 valence electrons. The number of furan rings is 1. The summed E-state index contributed by atoms with van der Waals surface area (Å²) in [5.41, 5.74) is 2.51. The summed E-state index contributed by atoms with van der Waals surface area (Å²) in [6, 6.07) is 20.0.